The zero-order valence-corrected chi connectivity index (χ0v) is 14.2. The lowest BCUT2D eigenvalue weighted by atomic mass is 9.86. The molecule has 0 bridgehead atoms. The molecule has 0 aliphatic heterocycles. The zero-order chi connectivity index (χ0) is 21.0. The van der Waals surface area contributed by atoms with E-state index in [9.17, 15) is 35.9 Å². The van der Waals surface area contributed by atoms with Gasteiger partial charge in [-0.05, 0) is 32.6 Å². The van der Waals surface area contributed by atoms with Crippen molar-refractivity contribution in [2.75, 3.05) is 6.61 Å². The van der Waals surface area contributed by atoms with Crippen molar-refractivity contribution >= 4 is 17.7 Å². The number of ether oxygens (including phenoxy) is 1. The van der Waals surface area contributed by atoms with Crippen molar-refractivity contribution in [3.8, 4) is 0 Å². The number of esters is 1. The lowest BCUT2D eigenvalue weighted by Gasteiger charge is -2.26. The molecule has 0 spiro atoms. The van der Waals surface area contributed by atoms with Crippen LogP contribution in [0.4, 0.5) is 26.3 Å². The smallest absolute Gasteiger partial charge is 0.433 e. The van der Waals surface area contributed by atoms with E-state index in [1.54, 1.807) is 6.92 Å². The summed E-state index contributed by atoms with van der Waals surface area (Å²) in [5, 5.41) is 8.86. The first-order chi connectivity index (χ1) is 12.3. The molecule has 1 aliphatic rings. The number of carboxylic acids is 1. The summed E-state index contributed by atoms with van der Waals surface area (Å²) in [4.78, 5) is 25.9. The molecular formula is C15H18F6N2O4. The SMILES string of the molecule is CCOC(=O)C1CCC(N=C(C(C(=O)O)=C(N)C(F)(F)F)C(F)(F)F)CC1. The summed E-state index contributed by atoms with van der Waals surface area (Å²) >= 11 is 0. The van der Waals surface area contributed by atoms with Gasteiger partial charge >= 0.3 is 24.3 Å². The molecule has 1 aliphatic carbocycles. The van der Waals surface area contributed by atoms with Gasteiger partial charge in [0.1, 0.15) is 11.3 Å². The predicted molar refractivity (Wildman–Crippen MR) is 80.8 cm³/mol. The molecule has 0 unspecified atom stereocenters. The van der Waals surface area contributed by atoms with Gasteiger partial charge in [0.2, 0.25) is 0 Å². The molecule has 0 atom stereocenters. The Hall–Kier alpha value is -2.27. The van der Waals surface area contributed by atoms with Gasteiger partial charge in [-0.3, -0.25) is 9.79 Å². The molecule has 0 amide bonds. The molecule has 154 valence electrons. The van der Waals surface area contributed by atoms with Gasteiger partial charge in [-0.15, -0.1) is 0 Å². The molecule has 27 heavy (non-hydrogen) atoms. The summed E-state index contributed by atoms with van der Waals surface area (Å²) in [6.45, 7) is 1.73. The van der Waals surface area contributed by atoms with Crippen LogP contribution in [0.25, 0.3) is 0 Å². The third-order valence-electron chi connectivity index (χ3n) is 3.92. The molecule has 0 aromatic heterocycles. The molecule has 1 fully saturated rings. The number of carboxylic acid groups (broad SMARTS) is 1. The normalized spacial score (nSPS) is 22.9. The number of nitrogens with two attached hydrogens (primary N) is 1. The Morgan fingerprint density at radius 3 is 1.96 bits per heavy atom. The molecular weight excluding hydrogens is 386 g/mol. The maximum absolute atomic E-state index is 13.2. The highest BCUT2D eigenvalue weighted by molar-refractivity contribution is 6.22. The molecule has 12 heteroatoms. The second kappa shape index (κ2) is 8.61. The summed E-state index contributed by atoms with van der Waals surface area (Å²) in [6.07, 6.45) is -10.8. The van der Waals surface area contributed by atoms with Crippen molar-refractivity contribution in [2.24, 2.45) is 16.6 Å². The molecule has 1 saturated carbocycles. The van der Waals surface area contributed by atoms with E-state index in [0.29, 0.717) is 0 Å². The van der Waals surface area contributed by atoms with Gasteiger partial charge in [-0.25, -0.2) is 4.79 Å². The number of halogens is 6. The Kier molecular flexibility index (Phi) is 7.26. The van der Waals surface area contributed by atoms with Crippen LogP contribution in [0.2, 0.25) is 0 Å². The Balaban J connectivity index is 3.19. The predicted octanol–water partition coefficient (Wildman–Crippen LogP) is 2.97. The number of rotatable bonds is 5. The second-order valence-electron chi connectivity index (χ2n) is 5.82. The minimum absolute atomic E-state index is 0.0398. The minimum atomic E-state index is -5.47. The molecule has 1 rings (SSSR count). The molecule has 0 aromatic rings. The Morgan fingerprint density at radius 1 is 1.07 bits per heavy atom. The molecule has 3 N–H and O–H groups in total. The van der Waals surface area contributed by atoms with Gasteiger partial charge in [0.15, 0.2) is 5.71 Å². The number of nitrogens with zero attached hydrogens (tertiary/aromatic N) is 1. The van der Waals surface area contributed by atoms with E-state index in [1.807, 2.05) is 0 Å². The Labute approximate surface area is 150 Å². The minimum Gasteiger partial charge on any atom is -0.478 e. The fourth-order valence-corrected chi connectivity index (χ4v) is 2.65. The molecule has 6 nitrogen and oxygen atoms in total. The average Bonchev–Trinajstić information content (AvgIpc) is 2.52. The number of carbonyl (C=O) groups excluding carboxylic acids is 1. The van der Waals surface area contributed by atoms with Gasteiger partial charge in [0, 0.05) is 0 Å². The quantitative estimate of drug-likeness (QED) is 0.318. The van der Waals surface area contributed by atoms with Crippen LogP contribution < -0.4 is 5.73 Å². The first-order valence-electron chi connectivity index (χ1n) is 7.91. The summed E-state index contributed by atoms with van der Waals surface area (Å²) in [6, 6.07) is -1.09. The van der Waals surface area contributed by atoms with Crippen molar-refractivity contribution in [1.29, 1.82) is 0 Å². The van der Waals surface area contributed by atoms with Crippen molar-refractivity contribution in [3.05, 3.63) is 11.3 Å². The number of hydrogen-bond acceptors (Lipinski definition) is 5. The summed E-state index contributed by atoms with van der Waals surface area (Å²) < 4.78 is 82.5. The number of aliphatic carboxylic acids is 1. The maximum atomic E-state index is 13.2. The summed E-state index contributed by atoms with van der Waals surface area (Å²) in [7, 11) is 0. The van der Waals surface area contributed by atoms with Crippen LogP contribution in [0.15, 0.2) is 16.3 Å². The van der Waals surface area contributed by atoms with Crippen LogP contribution in [0.5, 0.6) is 0 Å². The van der Waals surface area contributed by atoms with Crippen LogP contribution in [0.3, 0.4) is 0 Å². The van der Waals surface area contributed by atoms with Crippen LogP contribution in [-0.4, -0.2) is 47.8 Å². The van der Waals surface area contributed by atoms with Crippen molar-refractivity contribution in [1.82, 2.24) is 0 Å². The standard InChI is InChI=1S/C15H18F6N2O4/c1-2-27-13(26)7-3-5-8(6-4-7)23-11(15(19,20)21)9(12(24)25)10(22)14(16,17)18/h7-8H,2-6,22H2,1H3,(H,24,25). The molecule has 0 radical (unpaired) electrons. The van der Waals surface area contributed by atoms with Gasteiger partial charge in [0.25, 0.3) is 0 Å². The number of hydrogen-bond donors (Lipinski definition) is 2. The Morgan fingerprint density at radius 2 is 1.59 bits per heavy atom. The van der Waals surface area contributed by atoms with Crippen LogP contribution in [-0.2, 0) is 14.3 Å². The van der Waals surface area contributed by atoms with E-state index in [4.69, 9.17) is 9.84 Å². The van der Waals surface area contributed by atoms with Crippen molar-refractivity contribution in [2.45, 2.75) is 51.0 Å². The summed E-state index contributed by atoms with van der Waals surface area (Å²) in [5.41, 5.74) is -2.08. The number of carbonyl (C=O) groups is 2. The number of allylic oxidation sites excluding steroid dienone is 1. The zero-order valence-electron chi connectivity index (χ0n) is 14.2. The van der Waals surface area contributed by atoms with Gasteiger partial charge in [-0.2, -0.15) is 26.3 Å². The second-order valence-corrected chi connectivity index (χ2v) is 5.82. The number of aliphatic imine (C=N–C) groups is 1. The van der Waals surface area contributed by atoms with Gasteiger partial charge in [0.05, 0.1) is 18.6 Å². The molecule has 0 saturated heterocycles. The third-order valence-corrected chi connectivity index (χ3v) is 3.92. The van der Waals surface area contributed by atoms with Crippen LogP contribution in [0, 0.1) is 5.92 Å². The van der Waals surface area contributed by atoms with E-state index < -0.39 is 53.2 Å². The molecule has 0 heterocycles. The fourth-order valence-electron chi connectivity index (χ4n) is 2.65. The lowest BCUT2D eigenvalue weighted by molar-refractivity contribution is -0.149. The molecule has 0 aromatic carbocycles. The first kappa shape index (κ1) is 22.8. The maximum Gasteiger partial charge on any atom is 0.433 e. The van der Waals surface area contributed by atoms with E-state index in [1.165, 1.54) is 0 Å². The van der Waals surface area contributed by atoms with Crippen molar-refractivity contribution < 1.29 is 45.8 Å². The van der Waals surface area contributed by atoms with Crippen LogP contribution in [0.1, 0.15) is 32.6 Å². The fraction of sp³-hybridized carbons (Fsp3) is 0.667. The highest BCUT2D eigenvalue weighted by Crippen LogP contribution is 2.33. The van der Waals surface area contributed by atoms with E-state index >= 15 is 0 Å². The largest absolute Gasteiger partial charge is 0.478 e. The highest BCUT2D eigenvalue weighted by Gasteiger charge is 2.47. The monoisotopic (exact) mass is 404 g/mol. The van der Waals surface area contributed by atoms with Crippen molar-refractivity contribution in [3.63, 3.8) is 0 Å². The average molecular weight is 404 g/mol. The topological polar surface area (TPSA) is 102 Å². The first-order valence-corrected chi connectivity index (χ1v) is 7.91. The van der Waals surface area contributed by atoms with Gasteiger partial charge < -0.3 is 15.6 Å². The highest BCUT2D eigenvalue weighted by atomic mass is 19.4. The number of alkyl halides is 6. The van der Waals surface area contributed by atoms with E-state index in [-0.39, 0.29) is 32.3 Å². The van der Waals surface area contributed by atoms with E-state index in [2.05, 4.69) is 10.7 Å². The van der Waals surface area contributed by atoms with E-state index in [0.717, 1.165) is 0 Å². The van der Waals surface area contributed by atoms with Crippen LogP contribution >= 0.6 is 0 Å². The summed E-state index contributed by atoms with van der Waals surface area (Å²) in [5.74, 6) is -3.54. The van der Waals surface area contributed by atoms with Gasteiger partial charge in [-0.1, -0.05) is 0 Å². The third kappa shape index (κ3) is 6.14. The Bertz CT molecular complexity index is 631. The lowest BCUT2D eigenvalue weighted by Crippen LogP contribution is -2.36.